The van der Waals surface area contributed by atoms with E-state index in [1.807, 2.05) is 56.3 Å². The van der Waals surface area contributed by atoms with Gasteiger partial charge in [0, 0.05) is 25.4 Å². The van der Waals surface area contributed by atoms with Crippen LogP contribution in [0.25, 0.3) is 0 Å². The number of ether oxygens (including phenoxy) is 1. The zero-order valence-electron chi connectivity index (χ0n) is 19.5. The molecule has 2 N–H and O–H groups in total. The molecule has 0 fully saturated rings. The van der Waals surface area contributed by atoms with E-state index in [2.05, 4.69) is 5.32 Å². The summed E-state index contributed by atoms with van der Waals surface area (Å²) in [6, 6.07) is 17.8. The summed E-state index contributed by atoms with van der Waals surface area (Å²) in [5, 5.41) is 2.79. The third-order valence-corrected chi connectivity index (χ3v) is 6.01. The summed E-state index contributed by atoms with van der Waals surface area (Å²) < 4.78 is 30.6. The van der Waals surface area contributed by atoms with E-state index in [1.165, 1.54) is 10.4 Å². The van der Waals surface area contributed by atoms with E-state index < -0.39 is 22.6 Å². The summed E-state index contributed by atoms with van der Waals surface area (Å²) in [5.74, 6) is -0.505. The fourth-order valence-corrected chi connectivity index (χ4v) is 3.96. The topological polar surface area (TPSA) is 101 Å². The second-order valence-corrected chi connectivity index (χ2v) is 8.77. The first-order chi connectivity index (χ1) is 16.3. The normalized spacial score (nSPS) is 11.6. The Bertz CT molecular complexity index is 1210. The summed E-state index contributed by atoms with van der Waals surface area (Å²) in [5.41, 5.74) is 2.36. The minimum atomic E-state index is -2.35. The highest BCUT2D eigenvalue weighted by Gasteiger charge is 2.23. The van der Waals surface area contributed by atoms with E-state index in [4.69, 9.17) is 4.74 Å². The van der Waals surface area contributed by atoms with Crippen LogP contribution in [0, 0.1) is 6.92 Å². The molecule has 180 valence electrons. The summed E-state index contributed by atoms with van der Waals surface area (Å²) in [7, 11) is 1.64. The van der Waals surface area contributed by atoms with Crippen LogP contribution >= 0.6 is 0 Å². The zero-order chi connectivity index (χ0) is 24.7. The Balaban J connectivity index is 2.01. The Morgan fingerprint density at radius 1 is 1.15 bits per heavy atom. The molecule has 1 heterocycles. The van der Waals surface area contributed by atoms with E-state index in [-0.39, 0.29) is 24.6 Å². The van der Waals surface area contributed by atoms with E-state index in [9.17, 15) is 18.4 Å². The first-order valence-electron chi connectivity index (χ1n) is 10.9. The van der Waals surface area contributed by atoms with Gasteiger partial charge in [0.25, 0.3) is 17.2 Å². The van der Waals surface area contributed by atoms with E-state index >= 15 is 0 Å². The number of nitrogens with one attached hydrogen (secondary N) is 1. The molecule has 0 aliphatic heterocycles. The van der Waals surface area contributed by atoms with Crippen LogP contribution in [0.4, 0.5) is 5.69 Å². The SMILES string of the molecule is CCCNC(=O)c1c(OCc2ccccc2)c(=O)cc(CN(c2ccc(C)cc2)S(=O)O)n1C. The van der Waals surface area contributed by atoms with Crippen molar-refractivity contribution in [1.82, 2.24) is 9.88 Å². The number of hydrogen-bond acceptors (Lipinski definition) is 4. The largest absolute Gasteiger partial charge is 0.483 e. The first-order valence-corrected chi connectivity index (χ1v) is 12.0. The average Bonchev–Trinajstić information content (AvgIpc) is 2.83. The van der Waals surface area contributed by atoms with Gasteiger partial charge in [-0.2, -0.15) is 0 Å². The van der Waals surface area contributed by atoms with Crippen LogP contribution in [0.2, 0.25) is 0 Å². The van der Waals surface area contributed by atoms with Gasteiger partial charge < -0.3 is 14.6 Å². The van der Waals surface area contributed by atoms with Gasteiger partial charge in [-0.1, -0.05) is 55.0 Å². The number of carbonyl (C=O) groups excluding carboxylic acids is 1. The van der Waals surface area contributed by atoms with Gasteiger partial charge in [0.1, 0.15) is 6.61 Å². The van der Waals surface area contributed by atoms with Gasteiger partial charge in [-0.15, -0.1) is 0 Å². The number of aryl methyl sites for hydroxylation is 1. The Morgan fingerprint density at radius 2 is 1.82 bits per heavy atom. The van der Waals surface area contributed by atoms with Crippen molar-refractivity contribution in [2.75, 3.05) is 10.8 Å². The van der Waals surface area contributed by atoms with Crippen molar-refractivity contribution in [2.24, 2.45) is 7.05 Å². The smallest absolute Gasteiger partial charge is 0.271 e. The van der Waals surface area contributed by atoms with Crippen LogP contribution in [-0.2, 0) is 31.5 Å². The molecule has 0 saturated carbocycles. The maximum absolute atomic E-state index is 13.1. The molecule has 3 rings (SSSR count). The molecule has 34 heavy (non-hydrogen) atoms. The van der Waals surface area contributed by atoms with Crippen LogP contribution in [0.5, 0.6) is 5.75 Å². The van der Waals surface area contributed by atoms with Crippen LogP contribution in [0.3, 0.4) is 0 Å². The van der Waals surface area contributed by atoms with E-state index in [1.54, 1.807) is 23.7 Å². The van der Waals surface area contributed by atoms with Gasteiger partial charge in [-0.3, -0.25) is 18.4 Å². The van der Waals surface area contributed by atoms with Crippen molar-refractivity contribution in [3.05, 3.63) is 93.4 Å². The lowest BCUT2D eigenvalue weighted by molar-refractivity contribution is 0.0938. The van der Waals surface area contributed by atoms with Gasteiger partial charge in [0.2, 0.25) is 5.43 Å². The third-order valence-electron chi connectivity index (χ3n) is 5.30. The Hall–Kier alpha value is -3.43. The maximum Gasteiger partial charge on any atom is 0.271 e. The van der Waals surface area contributed by atoms with Crippen LogP contribution in [0.15, 0.2) is 65.5 Å². The van der Waals surface area contributed by atoms with Crippen molar-refractivity contribution in [2.45, 2.75) is 33.4 Å². The summed E-state index contributed by atoms with van der Waals surface area (Å²) in [4.78, 5) is 26.1. The monoisotopic (exact) mass is 483 g/mol. The fraction of sp³-hybridized carbons (Fsp3) is 0.280. The van der Waals surface area contributed by atoms with Crippen molar-refractivity contribution < 1.29 is 18.3 Å². The molecule has 0 radical (unpaired) electrons. The number of hydrogen-bond donors (Lipinski definition) is 2. The summed E-state index contributed by atoms with van der Waals surface area (Å²) in [6.45, 7) is 4.34. The highest BCUT2D eigenvalue weighted by Crippen LogP contribution is 2.22. The van der Waals surface area contributed by atoms with E-state index in [0.29, 0.717) is 17.9 Å². The highest BCUT2D eigenvalue weighted by atomic mass is 32.2. The van der Waals surface area contributed by atoms with Crippen molar-refractivity contribution in [1.29, 1.82) is 0 Å². The molecule has 1 amide bonds. The Labute approximate surface area is 201 Å². The molecule has 0 aliphatic carbocycles. The first kappa shape index (κ1) is 25.2. The van der Waals surface area contributed by atoms with Gasteiger partial charge in [-0.05, 0) is 31.0 Å². The van der Waals surface area contributed by atoms with Gasteiger partial charge >= 0.3 is 0 Å². The van der Waals surface area contributed by atoms with Crippen LogP contribution in [0.1, 0.15) is 40.7 Å². The Kier molecular flexibility index (Phi) is 8.61. The number of anilines is 1. The maximum atomic E-state index is 13.1. The third kappa shape index (κ3) is 6.12. The second kappa shape index (κ2) is 11.6. The van der Waals surface area contributed by atoms with Gasteiger partial charge in [0.15, 0.2) is 11.4 Å². The molecular formula is C25H29N3O5S. The summed E-state index contributed by atoms with van der Waals surface area (Å²) in [6.07, 6.45) is 0.726. The minimum Gasteiger partial charge on any atom is -0.483 e. The summed E-state index contributed by atoms with van der Waals surface area (Å²) >= 11 is -2.35. The molecule has 0 saturated heterocycles. The average molecular weight is 484 g/mol. The minimum absolute atomic E-state index is 0.0595. The predicted molar refractivity (Wildman–Crippen MR) is 133 cm³/mol. The number of pyridine rings is 1. The lowest BCUT2D eigenvalue weighted by Crippen LogP contribution is -2.33. The molecule has 1 aromatic heterocycles. The molecule has 0 bridgehead atoms. The molecule has 3 aromatic rings. The molecule has 9 heteroatoms. The lowest BCUT2D eigenvalue weighted by Gasteiger charge is -2.24. The molecule has 0 spiro atoms. The Morgan fingerprint density at radius 3 is 2.44 bits per heavy atom. The quantitative estimate of drug-likeness (QED) is 0.430. The highest BCUT2D eigenvalue weighted by molar-refractivity contribution is 7.80. The predicted octanol–water partition coefficient (Wildman–Crippen LogP) is 3.56. The molecule has 8 nitrogen and oxygen atoms in total. The van der Waals surface area contributed by atoms with Gasteiger partial charge in [-0.25, -0.2) is 4.21 Å². The number of benzene rings is 2. The molecule has 1 atom stereocenters. The number of nitrogens with zero attached hydrogens (tertiary/aromatic N) is 2. The van der Waals surface area contributed by atoms with Crippen molar-refractivity contribution in [3.8, 4) is 5.75 Å². The second-order valence-electron chi connectivity index (χ2n) is 7.87. The number of amides is 1. The number of rotatable bonds is 10. The molecular weight excluding hydrogens is 454 g/mol. The van der Waals surface area contributed by atoms with Crippen molar-refractivity contribution in [3.63, 3.8) is 0 Å². The molecule has 0 aliphatic rings. The van der Waals surface area contributed by atoms with Gasteiger partial charge in [0.05, 0.1) is 12.2 Å². The van der Waals surface area contributed by atoms with Crippen LogP contribution < -0.4 is 19.8 Å². The van der Waals surface area contributed by atoms with E-state index in [0.717, 1.165) is 17.5 Å². The standard InChI is InChI=1S/C25H29N3O5S/c1-4-14-26-25(30)23-24(33-17-19-8-6-5-7-9-19)22(29)15-21(27(23)3)16-28(34(31)32)20-12-10-18(2)11-13-20/h5-13,15H,4,14,16-17H2,1-3H3,(H,26,30)(H,31,32). The zero-order valence-corrected chi connectivity index (χ0v) is 20.3. The molecule has 1 unspecified atom stereocenters. The number of aromatic nitrogens is 1. The number of carbonyl (C=O) groups is 1. The molecule has 2 aromatic carbocycles. The van der Waals surface area contributed by atoms with Crippen molar-refractivity contribution >= 4 is 22.9 Å². The lowest BCUT2D eigenvalue weighted by atomic mass is 10.2. The van der Waals surface area contributed by atoms with Crippen LogP contribution in [-0.4, -0.2) is 25.8 Å². The fourth-order valence-electron chi connectivity index (χ4n) is 3.42.